The molecule has 2 aromatic carbocycles. The number of hydrogen-bond acceptors (Lipinski definition) is 4. The number of nitrogens with zero attached hydrogens (tertiary/aromatic N) is 2. The number of benzene rings is 2. The van der Waals surface area contributed by atoms with Gasteiger partial charge in [0.2, 0.25) is 0 Å². The van der Waals surface area contributed by atoms with Crippen molar-refractivity contribution in [3.63, 3.8) is 0 Å². The second-order valence-electron chi connectivity index (χ2n) is 7.18. The highest BCUT2D eigenvalue weighted by molar-refractivity contribution is 7.99. The average Bonchev–Trinajstić information content (AvgIpc) is 2.67. The largest absolute Gasteiger partial charge is 0.293 e. The fourth-order valence-corrected chi connectivity index (χ4v) is 3.83. The molecule has 28 heavy (non-hydrogen) atoms. The molecule has 0 N–H and O–H groups in total. The lowest BCUT2D eigenvalue weighted by Crippen LogP contribution is -2.21. The zero-order valence-electron chi connectivity index (χ0n) is 16.6. The predicted molar refractivity (Wildman–Crippen MR) is 115 cm³/mol. The van der Waals surface area contributed by atoms with Crippen molar-refractivity contribution in [3.05, 3.63) is 87.5 Å². The maximum atomic E-state index is 12.8. The molecule has 0 saturated carbocycles. The summed E-state index contributed by atoms with van der Waals surface area (Å²) in [5, 5.41) is 0.327. The Morgan fingerprint density at radius 2 is 1.82 bits per heavy atom. The molecule has 0 aliphatic carbocycles. The third-order valence-corrected chi connectivity index (χ3v) is 5.63. The van der Waals surface area contributed by atoms with Crippen LogP contribution in [0.15, 0.2) is 64.7 Å². The van der Waals surface area contributed by atoms with E-state index in [0.717, 1.165) is 16.8 Å². The van der Waals surface area contributed by atoms with Crippen molar-refractivity contribution < 1.29 is 4.79 Å². The van der Waals surface area contributed by atoms with E-state index in [9.17, 15) is 9.59 Å². The lowest BCUT2D eigenvalue weighted by molar-refractivity contribution is 0.102. The Balaban J connectivity index is 1.79. The number of thioether (sulfide) groups is 1. The van der Waals surface area contributed by atoms with E-state index >= 15 is 0 Å². The number of aryl methyl sites for hydroxylation is 2. The average molecular weight is 393 g/mol. The number of hydrogen-bond donors (Lipinski definition) is 0. The fourth-order valence-electron chi connectivity index (χ4n) is 3.05. The Hall–Kier alpha value is -2.66. The van der Waals surface area contributed by atoms with E-state index in [1.54, 1.807) is 17.0 Å². The standard InChI is InChI=1S/C23H24N2O2S/c1-15(2)18-6-8-19(9-7-18)25-12-11-24-22(23(25)27)28-14-21(26)20-10-5-16(3)13-17(20)4/h5-13,15H,14H2,1-4H3. The molecule has 0 spiro atoms. The van der Waals surface area contributed by atoms with Crippen LogP contribution in [0.4, 0.5) is 0 Å². The van der Waals surface area contributed by atoms with Crippen LogP contribution in [0.3, 0.4) is 0 Å². The Morgan fingerprint density at radius 3 is 2.46 bits per heavy atom. The molecule has 3 aromatic rings. The first-order chi connectivity index (χ1) is 13.4. The lowest BCUT2D eigenvalue weighted by atomic mass is 10.0. The summed E-state index contributed by atoms with van der Waals surface area (Å²) in [5.41, 5.74) is 4.57. The second kappa shape index (κ2) is 8.57. The number of aromatic nitrogens is 2. The first-order valence-electron chi connectivity index (χ1n) is 9.28. The first kappa shape index (κ1) is 20.1. The molecule has 144 valence electrons. The lowest BCUT2D eigenvalue weighted by Gasteiger charge is -2.10. The van der Waals surface area contributed by atoms with Crippen molar-refractivity contribution in [2.24, 2.45) is 0 Å². The highest BCUT2D eigenvalue weighted by Crippen LogP contribution is 2.19. The van der Waals surface area contributed by atoms with Crippen molar-refractivity contribution in [2.45, 2.75) is 38.6 Å². The van der Waals surface area contributed by atoms with Gasteiger partial charge in [0, 0.05) is 23.6 Å². The summed E-state index contributed by atoms with van der Waals surface area (Å²) in [4.78, 5) is 29.6. The molecule has 0 amide bonds. The molecule has 5 heteroatoms. The summed E-state index contributed by atoms with van der Waals surface area (Å²) in [6.07, 6.45) is 3.25. The first-order valence-corrected chi connectivity index (χ1v) is 10.3. The minimum atomic E-state index is -0.210. The van der Waals surface area contributed by atoms with Gasteiger partial charge in [0.1, 0.15) is 0 Å². The van der Waals surface area contributed by atoms with Crippen LogP contribution >= 0.6 is 11.8 Å². The molecular formula is C23H24N2O2S. The van der Waals surface area contributed by atoms with Gasteiger partial charge < -0.3 is 0 Å². The third kappa shape index (κ3) is 4.42. The Labute approximate surface area is 169 Å². The normalized spacial score (nSPS) is 11.0. The summed E-state index contributed by atoms with van der Waals surface area (Å²) in [6, 6.07) is 13.7. The van der Waals surface area contributed by atoms with Crippen molar-refractivity contribution >= 4 is 17.5 Å². The zero-order chi connectivity index (χ0) is 20.3. The van der Waals surface area contributed by atoms with E-state index in [0.29, 0.717) is 16.5 Å². The summed E-state index contributed by atoms with van der Waals surface area (Å²) in [6.45, 7) is 8.20. The third-order valence-electron chi connectivity index (χ3n) is 4.67. The topological polar surface area (TPSA) is 52.0 Å². The molecular weight excluding hydrogens is 368 g/mol. The molecule has 0 unspecified atom stereocenters. The summed E-state index contributed by atoms with van der Waals surface area (Å²) < 4.78 is 1.57. The smallest absolute Gasteiger partial charge is 0.287 e. The molecule has 1 aromatic heterocycles. The number of ketones is 1. The van der Waals surface area contributed by atoms with E-state index in [1.807, 2.05) is 56.3 Å². The van der Waals surface area contributed by atoms with Crippen LogP contribution in [0.25, 0.3) is 5.69 Å². The number of rotatable bonds is 6. The van der Waals surface area contributed by atoms with Gasteiger partial charge in [-0.05, 0) is 43.0 Å². The van der Waals surface area contributed by atoms with Crippen LogP contribution in [0, 0.1) is 13.8 Å². The Bertz CT molecular complexity index is 1050. The minimum Gasteiger partial charge on any atom is -0.293 e. The monoisotopic (exact) mass is 392 g/mol. The molecule has 1 heterocycles. The highest BCUT2D eigenvalue weighted by Gasteiger charge is 2.13. The SMILES string of the molecule is Cc1ccc(C(=O)CSc2nccn(-c3ccc(C(C)C)cc3)c2=O)c(C)c1. The zero-order valence-corrected chi connectivity index (χ0v) is 17.4. The fraction of sp³-hybridized carbons (Fsp3) is 0.261. The summed E-state index contributed by atoms with van der Waals surface area (Å²) in [7, 11) is 0. The van der Waals surface area contributed by atoms with E-state index < -0.39 is 0 Å². The predicted octanol–water partition coefficient (Wildman–Crippen LogP) is 4.95. The number of carbonyl (C=O) groups is 1. The molecule has 0 saturated heterocycles. The molecule has 3 rings (SSSR count). The maximum absolute atomic E-state index is 12.8. The molecule has 0 aliphatic rings. The van der Waals surface area contributed by atoms with E-state index in [1.165, 1.54) is 17.3 Å². The van der Waals surface area contributed by atoms with Crippen LogP contribution in [-0.4, -0.2) is 21.1 Å². The number of carbonyl (C=O) groups excluding carboxylic acids is 1. The molecule has 0 aliphatic heterocycles. The Kier molecular flexibility index (Phi) is 6.15. The van der Waals surface area contributed by atoms with E-state index in [-0.39, 0.29) is 17.1 Å². The Morgan fingerprint density at radius 1 is 1.11 bits per heavy atom. The van der Waals surface area contributed by atoms with E-state index in [2.05, 4.69) is 18.8 Å². The van der Waals surface area contributed by atoms with Gasteiger partial charge >= 0.3 is 0 Å². The molecule has 0 fully saturated rings. The van der Waals surface area contributed by atoms with Gasteiger partial charge in [-0.1, -0.05) is 61.5 Å². The molecule has 0 atom stereocenters. The van der Waals surface area contributed by atoms with Gasteiger partial charge in [-0.15, -0.1) is 0 Å². The van der Waals surface area contributed by atoms with Gasteiger partial charge in [0.15, 0.2) is 10.8 Å². The highest BCUT2D eigenvalue weighted by atomic mass is 32.2. The van der Waals surface area contributed by atoms with Gasteiger partial charge in [0.05, 0.1) is 5.75 Å². The van der Waals surface area contributed by atoms with Gasteiger partial charge in [0.25, 0.3) is 5.56 Å². The van der Waals surface area contributed by atoms with Gasteiger partial charge in [-0.2, -0.15) is 0 Å². The van der Waals surface area contributed by atoms with Crippen LogP contribution in [0.2, 0.25) is 0 Å². The van der Waals surface area contributed by atoms with Crippen molar-refractivity contribution in [1.82, 2.24) is 9.55 Å². The van der Waals surface area contributed by atoms with Crippen LogP contribution < -0.4 is 5.56 Å². The van der Waals surface area contributed by atoms with Crippen LogP contribution in [0.5, 0.6) is 0 Å². The van der Waals surface area contributed by atoms with Crippen LogP contribution in [0.1, 0.15) is 46.8 Å². The van der Waals surface area contributed by atoms with Crippen LogP contribution in [-0.2, 0) is 0 Å². The van der Waals surface area contributed by atoms with Crippen molar-refractivity contribution in [1.29, 1.82) is 0 Å². The van der Waals surface area contributed by atoms with E-state index in [4.69, 9.17) is 0 Å². The van der Waals surface area contributed by atoms with Gasteiger partial charge in [-0.3, -0.25) is 14.2 Å². The van der Waals surface area contributed by atoms with Crippen molar-refractivity contribution in [3.8, 4) is 5.69 Å². The summed E-state index contributed by atoms with van der Waals surface area (Å²) >= 11 is 1.19. The summed E-state index contributed by atoms with van der Waals surface area (Å²) in [5.74, 6) is 0.619. The van der Waals surface area contributed by atoms with Crippen molar-refractivity contribution in [2.75, 3.05) is 5.75 Å². The number of Topliss-reactive ketones (excluding diaryl/α,β-unsaturated/α-hetero) is 1. The quantitative estimate of drug-likeness (QED) is 0.440. The van der Waals surface area contributed by atoms with Gasteiger partial charge in [-0.25, -0.2) is 4.98 Å². The molecule has 0 bridgehead atoms. The second-order valence-corrected chi connectivity index (χ2v) is 8.15. The molecule has 0 radical (unpaired) electrons. The minimum absolute atomic E-state index is 0.000361. The molecule has 4 nitrogen and oxygen atoms in total. The maximum Gasteiger partial charge on any atom is 0.287 e.